The molecule has 0 aliphatic heterocycles. The molecular weight excluding hydrogens is 96.1 g/mol. The molecule has 0 aliphatic carbocycles. The summed E-state index contributed by atoms with van der Waals surface area (Å²) >= 11 is 0. The van der Waals surface area contributed by atoms with E-state index in [-0.39, 0.29) is 0 Å². The van der Waals surface area contributed by atoms with Gasteiger partial charge in [-0.3, -0.25) is 9.46 Å². The number of rotatable bonds is 2. The molecule has 0 rings (SSSR count). The van der Waals surface area contributed by atoms with Gasteiger partial charge in [0.15, 0.2) is 0 Å². The van der Waals surface area contributed by atoms with Crippen LogP contribution in [0.4, 0.5) is 0 Å². The Hall–Kier alpha value is 0.137. The standard InChI is InChI=1S/C3H9O2Si/c1-4-5-6(2)3/h1-3H3. The van der Waals surface area contributed by atoms with Gasteiger partial charge >= 0.3 is 0 Å². The van der Waals surface area contributed by atoms with Crippen molar-refractivity contribution in [3.05, 3.63) is 0 Å². The van der Waals surface area contributed by atoms with Crippen LogP contribution in [0.1, 0.15) is 0 Å². The monoisotopic (exact) mass is 105 g/mol. The Labute approximate surface area is 39.7 Å². The van der Waals surface area contributed by atoms with Crippen LogP contribution >= 0.6 is 0 Å². The quantitative estimate of drug-likeness (QED) is 0.294. The number of hydrogen-bond donors (Lipinski definition) is 0. The molecule has 2 nitrogen and oxygen atoms in total. The highest BCUT2D eigenvalue weighted by molar-refractivity contribution is 6.48. The van der Waals surface area contributed by atoms with Gasteiger partial charge in [-0.15, -0.1) is 0 Å². The Kier molecular flexibility index (Phi) is 3.41. The van der Waals surface area contributed by atoms with Crippen LogP contribution in [0.15, 0.2) is 0 Å². The van der Waals surface area contributed by atoms with Crippen LogP contribution < -0.4 is 0 Å². The Balaban J connectivity index is 2.63. The molecular formula is C3H9O2Si. The maximum absolute atomic E-state index is 4.64. The fraction of sp³-hybridized carbons (Fsp3) is 1.00. The third-order valence-electron chi connectivity index (χ3n) is 0.250. The van der Waals surface area contributed by atoms with Gasteiger partial charge in [-0.25, -0.2) is 0 Å². The zero-order chi connectivity index (χ0) is 4.99. The topological polar surface area (TPSA) is 18.5 Å². The SMILES string of the molecule is COO[Si](C)C. The van der Waals surface area contributed by atoms with Gasteiger partial charge in [-0.1, -0.05) is 0 Å². The van der Waals surface area contributed by atoms with E-state index in [0.717, 1.165) is 0 Å². The van der Waals surface area contributed by atoms with E-state index in [1.807, 2.05) is 13.1 Å². The summed E-state index contributed by atoms with van der Waals surface area (Å²) in [5.41, 5.74) is 0. The van der Waals surface area contributed by atoms with Crippen molar-refractivity contribution in [1.29, 1.82) is 0 Å². The van der Waals surface area contributed by atoms with Gasteiger partial charge in [-0.05, 0) is 13.1 Å². The van der Waals surface area contributed by atoms with Crippen molar-refractivity contribution in [3.63, 3.8) is 0 Å². The molecule has 0 heterocycles. The minimum Gasteiger partial charge on any atom is -0.288 e. The minimum atomic E-state index is -0.608. The molecule has 6 heavy (non-hydrogen) atoms. The van der Waals surface area contributed by atoms with Crippen LogP contribution in [0.25, 0.3) is 0 Å². The summed E-state index contributed by atoms with van der Waals surface area (Å²) in [6.45, 7) is 4.02. The molecule has 0 aromatic rings. The minimum absolute atomic E-state index is 0.608. The van der Waals surface area contributed by atoms with Crippen LogP contribution in [0, 0.1) is 0 Å². The summed E-state index contributed by atoms with van der Waals surface area (Å²) in [5, 5.41) is 0. The maximum Gasteiger partial charge on any atom is 0.254 e. The van der Waals surface area contributed by atoms with Crippen molar-refractivity contribution < 1.29 is 9.46 Å². The van der Waals surface area contributed by atoms with Crippen molar-refractivity contribution in [3.8, 4) is 0 Å². The molecule has 0 aliphatic rings. The van der Waals surface area contributed by atoms with Gasteiger partial charge in [0, 0.05) is 0 Å². The summed E-state index contributed by atoms with van der Waals surface area (Å²) < 4.78 is 4.64. The second-order valence-corrected chi connectivity index (χ2v) is 3.14. The largest absolute Gasteiger partial charge is 0.288 e. The van der Waals surface area contributed by atoms with Gasteiger partial charge in [-0.2, -0.15) is 0 Å². The lowest BCUT2D eigenvalue weighted by atomic mass is 11.8. The van der Waals surface area contributed by atoms with Crippen molar-refractivity contribution >= 4 is 9.04 Å². The molecule has 0 aromatic heterocycles. The first kappa shape index (κ1) is 6.14. The second kappa shape index (κ2) is 3.33. The lowest BCUT2D eigenvalue weighted by Gasteiger charge is -1.96. The molecule has 3 heteroatoms. The highest BCUT2D eigenvalue weighted by Crippen LogP contribution is 1.79. The van der Waals surface area contributed by atoms with E-state index in [0.29, 0.717) is 0 Å². The predicted molar refractivity (Wildman–Crippen MR) is 25.6 cm³/mol. The van der Waals surface area contributed by atoms with E-state index in [1.54, 1.807) is 0 Å². The average Bonchev–Trinajstić information content (AvgIpc) is 1.35. The average molecular weight is 105 g/mol. The Morgan fingerprint density at radius 2 is 1.83 bits per heavy atom. The zero-order valence-electron chi connectivity index (χ0n) is 4.32. The van der Waals surface area contributed by atoms with Crippen LogP contribution in [-0.4, -0.2) is 16.2 Å². The first-order valence-electron chi connectivity index (χ1n) is 1.78. The van der Waals surface area contributed by atoms with Crippen molar-refractivity contribution in [2.45, 2.75) is 13.1 Å². The van der Waals surface area contributed by atoms with Crippen molar-refractivity contribution in [2.24, 2.45) is 0 Å². The summed E-state index contributed by atoms with van der Waals surface area (Å²) in [7, 11) is 0.918. The molecule has 37 valence electrons. The number of hydrogen-bond acceptors (Lipinski definition) is 2. The zero-order valence-corrected chi connectivity index (χ0v) is 5.32. The molecule has 0 fully saturated rings. The lowest BCUT2D eigenvalue weighted by Crippen LogP contribution is -2.05. The van der Waals surface area contributed by atoms with Gasteiger partial charge in [0.2, 0.25) is 0 Å². The Bertz CT molecular complexity index is 30.0. The predicted octanol–water partition coefficient (Wildman–Crippen LogP) is 0.815. The molecule has 0 saturated heterocycles. The van der Waals surface area contributed by atoms with Crippen LogP contribution in [-0.2, 0) is 9.46 Å². The third-order valence-corrected chi connectivity index (χ3v) is 0.750. The first-order chi connectivity index (χ1) is 2.77. The molecule has 0 amide bonds. The van der Waals surface area contributed by atoms with E-state index in [4.69, 9.17) is 0 Å². The molecule has 0 saturated carbocycles. The van der Waals surface area contributed by atoms with Crippen molar-refractivity contribution in [1.82, 2.24) is 0 Å². The molecule has 0 atom stereocenters. The highest BCUT2D eigenvalue weighted by atomic mass is 28.3. The summed E-state index contributed by atoms with van der Waals surface area (Å²) in [5.74, 6) is 0. The van der Waals surface area contributed by atoms with Crippen LogP contribution in [0.2, 0.25) is 13.1 Å². The first-order valence-corrected chi connectivity index (χ1v) is 4.19. The van der Waals surface area contributed by atoms with E-state index in [9.17, 15) is 0 Å². The maximum atomic E-state index is 4.64. The van der Waals surface area contributed by atoms with Gasteiger partial charge < -0.3 is 0 Å². The molecule has 0 bridgehead atoms. The van der Waals surface area contributed by atoms with E-state index >= 15 is 0 Å². The fourth-order valence-corrected chi connectivity index (χ4v) is 0.500. The summed E-state index contributed by atoms with van der Waals surface area (Å²) in [4.78, 5) is 4.35. The molecule has 0 N–H and O–H groups in total. The summed E-state index contributed by atoms with van der Waals surface area (Å²) in [6.07, 6.45) is 0. The lowest BCUT2D eigenvalue weighted by molar-refractivity contribution is -0.183. The molecule has 1 radical (unpaired) electrons. The fourth-order valence-electron chi connectivity index (χ4n) is 0.167. The van der Waals surface area contributed by atoms with Gasteiger partial charge in [0.25, 0.3) is 9.04 Å². The Morgan fingerprint density at radius 1 is 1.33 bits per heavy atom. The van der Waals surface area contributed by atoms with Crippen molar-refractivity contribution in [2.75, 3.05) is 7.11 Å². The molecule has 0 spiro atoms. The molecule has 0 unspecified atom stereocenters. The van der Waals surface area contributed by atoms with Gasteiger partial charge in [0.1, 0.15) is 0 Å². The summed E-state index contributed by atoms with van der Waals surface area (Å²) in [6, 6.07) is 0. The van der Waals surface area contributed by atoms with Crippen LogP contribution in [0.3, 0.4) is 0 Å². The smallest absolute Gasteiger partial charge is 0.254 e. The van der Waals surface area contributed by atoms with E-state index in [1.165, 1.54) is 7.11 Å². The third kappa shape index (κ3) is 4.14. The van der Waals surface area contributed by atoms with Crippen LogP contribution in [0.5, 0.6) is 0 Å². The van der Waals surface area contributed by atoms with Gasteiger partial charge in [0.05, 0.1) is 7.11 Å². The normalized spacial score (nSPS) is 10.0. The highest BCUT2D eigenvalue weighted by Gasteiger charge is 1.91. The second-order valence-electron chi connectivity index (χ2n) is 1.16. The van der Waals surface area contributed by atoms with E-state index < -0.39 is 9.04 Å². The van der Waals surface area contributed by atoms with E-state index in [2.05, 4.69) is 9.46 Å². The molecule has 0 aromatic carbocycles. The Morgan fingerprint density at radius 3 is 1.83 bits per heavy atom.